The first kappa shape index (κ1) is 10.2. The number of aliphatic hydroxyl groups excluding tert-OH is 2. The molecule has 0 fully saturated rings. The molecule has 0 aliphatic carbocycles. The fraction of sp³-hybridized carbons (Fsp3) is 0.455. The Morgan fingerprint density at radius 2 is 1.85 bits per heavy atom. The predicted molar refractivity (Wildman–Crippen MR) is 52.3 cm³/mol. The molecule has 1 aromatic carbocycles. The molecular formula is C11H16O2. The first-order valence-corrected chi connectivity index (χ1v) is 4.63. The average Bonchev–Trinajstić information content (AvgIpc) is 2.21. The van der Waals surface area contributed by atoms with E-state index in [-0.39, 0.29) is 12.5 Å². The zero-order valence-corrected chi connectivity index (χ0v) is 7.85. The van der Waals surface area contributed by atoms with E-state index >= 15 is 0 Å². The Labute approximate surface area is 78.8 Å². The summed E-state index contributed by atoms with van der Waals surface area (Å²) < 4.78 is 0. The molecule has 1 rings (SSSR count). The molecule has 0 aromatic heterocycles. The van der Waals surface area contributed by atoms with Crippen molar-refractivity contribution in [1.82, 2.24) is 0 Å². The Balaban J connectivity index is 2.72. The van der Waals surface area contributed by atoms with E-state index in [2.05, 4.69) is 0 Å². The van der Waals surface area contributed by atoms with Crippen molar-refractivity contribution in [2.75, 3.05) is 6.61 Å². The second-order valence-corrected chi connectivity index (χ2v) is 3.21. The summed E-state index contributed by atoms with van der Waals surface area (Å²) in [6.45, 7) is 2.00. The largest absolute Gasteiger partial charge is 0.396 e. The van der Waals surface area contributed by atoms with Gasteiger partial charge in [0.25, 0.3) is 0 Å². The minimum Gasteiger partial charge on any atom is -0.396 e. The van der Waals surface area contributed by atoms with E-state index in [1.165, 1.54) is 0 Å². The molecule has 0 aliphatic rings. The Bertz CT molecular complexity index is 229. The average molecular weight is 180 g/mol. The number of hydrogen-bond donors (Lipinski definition) is 2. The zero-order valence-electron chi connectivity index (χ0n) is 7.85. The number of aliphatic hydroxyl groups is 2. The lowest BCUT2D eigenvalue weighted by atomic mass is 9.94. The molecule has 0 radical (unpaired) electrons. The molecule has 2 nitrogen and oxygen atoms in total. The predicted octanol–water partition coefficient (Wildman–Crippen LogP) is 1.74. The van der Waals surface area contributed by atoms with Gasteiger partial charge in [-0.05, 0) is 12.0 Å². The van der Waals surface area contributed by atoms with Gasteiger partial charge in [0.1, 0.15) is 0 Å². The molecule has 2 heteroatoms. The molecule has 0 saturated heterocycles. The maximum Gasteiger partial charge on any atom is 0.0840 e. The van der Waals surface area contributed by atoms with Crippen LogP contribution in [-0.4, -0.2) is 16.8 Å². The van der Waals surface area contributed by atoms with E-state index in [0.29, 0.717) is 0 Å². The summed E-state index contributed by atoms with van der Waals surface area (Å²) >= 11 is 0. The molecule has 0 saturated carbocycles. The van der Waals surface area contributed by atoms with Gasteiger partial charge in [0.05, 0.1) is 6.10 Å². The van der Waals surface area contributed by atoms with Crippen LogP contribution in [0.2, 0.25) is 0 Å². The van der Waals surface area contributed by atoms with Crippen molar-refractivity contribution >= 4 is 0 Å². The third-order valence-electron chi connectivity index (χ3n) is 2.35. The molecule has 2 N–H and O–H groups in total. The molecule has 13 heavy (non-hydrogen) atoms. The normalized spacial score (nSPS) is 15.3. The molecule has 0 spiro atoms. The molecule has 72 valence electrons. The first-order valence-electron chi connectivity index (χ1n) is 4.63. The van der Waals surface area contributed by atoms with Crippen molar-refractivity contribution in [3.05, 3.63) is 35.9 Å². The molecule has 0 unspecified atom stereocenters. The molecule has 1 aromatic rings. The van der Waals surface area contributed by atoms with E-state index in [1.54, 1.807) is 0 Å². The van der Waals surface area contributed by atoms with Crippen molar-refractivity contribution in [3.8, 4) is 0 Å². The Kier molecular flexibility index (Phi) is 3.93. The van der Waals surface area contributed by atoms with Gasteiger partial charge >= 0.3 is 0 Å². The van der Waals surface area contributed by atoms with E-state index in [0.717, 1.165) is 12.0 Å². The van der Waals surface area contributed by atoms with Gasteiger partial charge in [0.2, 0.25) is 0 Å². The van der Waals surface area contributed by atoms with Gasteiger partial charge in [0.15, 0.2) is 0 Å². The SMILES string of the molecule is CC[C@H](CO)[C@H](O)c1ccccc1. The van der Waals surface area contributed by atoms with Gasteiger partial charge in [-0.2, -0.15) is 0 Å². The van der Waals surface area contributed by atoms with Crippen LogP contribution in [0.4, 0.5) is 0 Å². The summed E-state index contributed by atoms with van der Waals surface area (Å²) in [4.78, 5) is 0. The third kappa shape index (κ3) is 2.54. The fourth-order valence-corrected chi connectivity index (χ4v) is 1.37. The van der Waals surface area contributed by atoms with Gasteiger partial charge in [0, 0.05) is 12.5 Å². The lowest BCUT2D eigenvalue weighted by Crippen LogP contribution is -2.15. The number of benzene rings is 1. The van der Waals surface area contributed by atoms with Gasteiger partial charge in [-0.25, -0.2) is 0 Å². The minimum absolute atomic E-state index is 0.0343. The van der Waals surface area contributed by atoms with Crippen LogP contribution in [0, 0.1) is 5.92 Å². The van der Waals surface area contributed by atoms with E-state index in [1.807, 2.05) is 37.3 Å². The third-order valence-corrected chi connectivity index (χ3v) is 2.35. The van der Waals surface area contributed by atoms with Crippen LogP contribution in [0.15, 0.2) is 30.3 Å². The smallest absolute Gasteiger partial charge is 0.0840 e. The molecule has 0 bridgehead atoms. The van der Waals surface area contributed by atoms with E-state index in [4.69, 9.17) is 5.11 Å². The lowest BCUT2D eigenvalue weighted by molar-refractivity contribution is 0.0647. The molecule has 0 heterocycles. The monoisotopic (exact) mass is 180 g/mol. The highest BCUT2D eigenvalue weighted by molar-refractivity contribution is 5.17. The summed E-state index contributed by atoms with van der Waals surface area (Å²) in [6, 6.07) is 9.45. The van der Waals surface area contributed by atoms with Crippen LogP contribution < -0.4 is 0 Å². The van der Waals surface area contributed by atoms with Crippen LogP contribution in [-0.2, 0) is 0 Å². The quantitative estimate of drug-likeness (QED) is 0.741. The highest BCUT2D eigenvalue weighted by atomic mass is 16.3. The van der Waals surface area contributed by atoms with Gasteiger partial charge in [-0.1, -0.05) is 37.3 Å². The maximum absolute atomic E-state index is 9.82. The summed E-state index contributed by atoms with van der Waals surface area (Å²) in [5.74, 6) is -0.0533. The van der Waals surface area contributed by atoms with Gasteiger partial charge < -0.3 is 10.2 Å². The second kappa shape index (κ2) is 5.00. The number of rotatable bonds is 4. The van der Waals surface area contributed by atoms with Crippen LogP contribution in [0.25, 0.3) is 0 Å². The second-order valence-electron chi connectivity index (χ2n) is 3.21. The van der Waals surface area contributed by atoms with Crippen molar-refractivity contribution in [1.29, 1.82) is 0 Å². The van der Waals surface area contributed by atoms with Crippen molar-refractivity contribution < 1.29 is 10.2 Å². The van der Waals surface area contributed by atoms with E-state index < -0.39 is 6.10 Å². The summed E-state index contributed by atoms with van der Waals surface area (Å²) in [5, 5.41) is 18.8. The van der Waals surface area contributed by atoms with Crippen LogP contribution >= 0.6 is 0 Å². The van der Waals surface area contributed by atoms with Gasteiger partial charge in [-0.3, -0.25) is 0 Å². The first-order chi connectivity index (χ1) is 6.29. The Morgan fingerprint density at radius 3 is 2.31 bits per heavy atom. The lowest BCUT2D eigenvalue weighted by Gasteiger charge is -2.19. The Hall–Kier alpha value is -0.860. The maximum atomic E-state index is 9.82. The highest BCUT2D eigenvalue weighted by Gasteiger charge is 2.17. The van der Waals surface area contributed by atoms with Crippen molar-refractivity contribution in [2.24, 2.45) is 5.92 Å². The Morgan fingerprint density at radius 1 is 1.23 bits per heavy atom. The van der Waals surface area contributed by atoms with Crippen LogP contribution in [0.1, 0.15) is 25.0 Å². The minimum atomic E-state index is -0.545. The van der Waals surface area contributed by atoms with Crippen molar-refractivity contribution in [2.45, 2.75) is 19.4 Å². The van der Waals surface area contributed by atoms with Gasteiger partial charge in [-0.15, -0.1) is 0 Å². The topological polar surface area (TPSA) is 40.5 Å². The molecule has 0 aliphatic heterocycles. The highest BCUT2D eigenvalue weighted by Crippen LogP contribution is 2.23. The van der Waals surface area contributed by atoms with Crippen LogP contribution in [0.3, 0.4) is 0 Å². The molecular weight excluding hydrogens is 164 g/mol. The van der Waals surface area contributed by atoms with Crippen molar-refractivity contribution in [3.63, 3.8) is 0 Å². The zero-order chi connectivity index (χ0) is 9.68. The summed E-state index contributed by atoms with van der Waals surface area (Å²) in [7, 11) is 0. The molecule has 0 amide bonds. The fourth-order valence-electron chi connectivity index (χ4n) is 1.37. The van der Waals surface area contributed by atoms with Crippen LogP contribution in [0.5, 0.6) is 0 Å². The van der Waals surface area contributed by atoms with E-state index in [9.17, 15) is 5.11 Å². The summed E-state index contributed by atoms with van der Waals surface area (Å²) in [6.07, 6.45) is 0.239. The number of hydrogen-bond acceptors (Lipinski definition) is 2. The molecule has 2 atom stereocenters. The standard InChI is InChI=1S/C11H16O2/c1-2-9(8-12)11(13)10-6-4-3-5-7-10/h3-7,9,11-13H,2,8H2,1H3/t9-,11+/m1/s1. The summed E-state index contributed by atoms with van der Waals surface area (Å²) in [5.41, 5.74) is 0.878.